The Bertz CT molecular complexity index is 392. The fourth-order valence-electron chi connectivity index (χ4n) is 2.67. The van der Waals surface area contributed by atoms with Gasteiger partial charge >= 0.3 is 6.18 Å². The Morgan fingerprint density at radius 2 is 1.82 bits per heavy atom. The molecule has 17 heavy (non-hydrogen) atoms. The second kappa shape index (κ2) is 4.89. The molecule has 1 aliphatic rings. The normalized spacial score (nSPS) is 17.6. The minimum atomic E-state index is -4.28. The maximum Gasteiger partial charge on any atom is 0.416 e. The molecule has 1 aliphatic carbocycles. The number of rotatable bonds is 2. The summed E-state index contributed by atoms with van der Waals surface area (Å²) in [7, 11) is 0. The highest BCUT2D eigenvalue weighted by Gasteiger charge is 2.36. The van der Waals surface area contributed by atoms with Crippen LogP contribution in [-0.2, 0) is 12.1 Å². The van der Waals surface area contributed by atoms with Crippen LogP contribution in [0.15, 0.2) is 18.2 Å². The van der Waals surface area contributed by atoms with Crippen molar-refractivity contribution < 1.29 is 13.2 Å². The van der Waals surface area contributed by atoms with Crippen molar-refractivity contribution in [2.75, 3.05) is 0 Å². The zero-order valence-corrected chi connectivity index (χ0v) is 10.1. The fraction of sp³-hybridized carbons (Fsp3) is 0.538. The van der Waals surface area contributed by atoms with E-state index in [0.717, 1.165) is 25.7 Å². The number of alkyl halides is 4. The van der Waals surface area contributed by atoms with E-state index >= 15 is 0 Å². The predicted molar refractivity (Wildman–Crippen MR) is 62.2 cm³/mol. The van der Waals surface area contributed by atoms with Gasteiger partial charge in [0.15, 0.2) is 0 Å². The minimum Gasteiger partial charge on any atom is -0.166 e. The fourth-order valence-corrected chi connectivity index (χ4v) is 2.91. The second-order valence-electron chi connectivity index (χ2n) is 4.49. The van der Waals surface area contributed by atoms with Gasteiger partial charge in [-0.3, -0.25) is 0 Å². The molecule has 1 fully saturated rings. The largest absolute Gasteiger partial charge is 0.416 e. The first kappa shape index (κ1) is 12.7. The van der Waals surface area contributed by atoms with Crippen molar-refractivity contribution in [3.8, 4) is 0 Å². The van der Waals surface area contributed by atoms with Crippen molar-refractivity contribution in [2.24, 2.45) is 0 Å². The van der Waals surface area contributed by atoms with Crippen molar-refractivity contribution in [3.63, 3.8) is 0 Å². The molecule has 0 nitrogen and oxygen atoms in total. The number of hydrogen-bond donors (Lipinski definition) is 0. The Labute approximate surface area is 104 Å². The van der Waals surface area contributed by atoms with E-state index in [1.807, 2.05) is 0 Å². The average Bonchev–Trinajstić information content (AvgIpc) is 2.80. The van der Waals surface area contributed by atoms with Crippen molar-refractivity contribution in [2.45, 2.75) is 43.7 Å². The van der Waals surface area contributed by atoms with Crippen LogP contribution in [0.25, 0.3) is 0 Å². The summed E-state index contributed by atoms with van der Waals surface area (Å²) >= 11 is 5.77. The van der Waals surface area contributed by atoms with Gasteiger partial charge in [-0.1, -0.05) is 25.0 Å². The van der Waals surface area contributed by atoms with E-state index in [-0.39, 0.29) is 11.8 Å². The van der Waals surface area contributed by atoms with Crippen LogP contribution < -0.4 is 0 Å². The molecule has 0 spiro atoms. The third kappa shape index (κ3) is 2.59. The van der Waals surface area contributed by atoms with E-state index in [2.05, 4.69) is 0 Å². The lowest BCUT2D eigenvalue weighted by atomic mass is 9.89. The highest BCUT2D eigenvalue weighted by atomic mass is 35.5. The molecule has 1 aromatic carbocycles. The van der Waals surface area contributed by atoms with Crippen LogP contribution in [0.3, 0.4) is 0 Å². The molecule has 4 heteroatoms. The van der Waals surface area contributed by atoms with E-state index in [9.17, 15) is 13.2 Å². The first-order chi connectivity index (χ1) is 8.04. The minimum absolute atomic E-state index is 0.0292. The van der Waals surface area contributed by atoms with Crippen LogP contribution in [0.2, 0.25) is 0 Å². The summed E-state index contributed by atoms with van der Waals surface area (Å²) in [4.78, 5) is 0. The second-order valence-corrected chi connectivity index (χ2v) is 4.76. The summed E-state index contributed by atoms with van der Waals surface area (Å²) in [5.74, 6) is 0.178. The van der Waals surface area contributed by atoms with Crippen LogP contribution in [0.4, 0.5) is 13.2 Å². The Morgan fingerprint density at radius 3 is 2.35 bits per heavy atom. The summed E-state index contributed by atoms with van der Waals surface area (Å²) in [5.41, 5.74) is 0.573. The van der Waals surface area contributed by atoms with Crippen molar-refractivity contribution in [1.29, 1.82) is 0 Å². The lowest BCUT2D eigenvalue weighted by Gasteiger charge is -2.20. The van der Waals surface area contributed by atoms with Crippen LogP contribution >= 0.6 is 11.6 Å². The van der Waals surface area contributed by atoms with Crippen LogP contribution in [0.5, 0.6) is 0 Å². The van der Waals surface area contributed by atoms with Crippen molar-refractivity contribution in [1.82, 2.24) is 0 Å². The Balaban J connectivity index is 2.51. The molecule has 0 heterocycles. The van der Waals surface area contributed by atoms with Gasteiger partial charge in [-0.25, -0.2) is 0 Å². The van der Waals surface area contributed by atoms with E-state index in [0.29, 0.717) is 11.1 Å². The molecule has 94 valence electrons. The van der Waals surface area contributed by atoms with Gasteiger partial charge in [0.25, 0.3) is 0 Å². The maximum atomic E-state index is 13.0. The zero-order chi connectivity index (χ0) is 12.5. The summed E-state index contributed by atoms with van der Waals surface area (Å²) < 4.78 is 38.9. The highest BCUT2D eigenvalue weighted by Crippen LogP contribution is 2.43. The highest BCUT2D eigenvalue weighted by molar-refractivity contribution is 6.17. The number of halogens is 4. The summed E-state index contributed by atoms with van der Waals surface area (Å²) in [6.07, 6.45) is -0.564. The molecule has 0 bridgehead atoms. The number of hydrogen-bond acceptors (Lipinski definition) is 0. The summed E-state index contributed by atoms with van der Waals surface area (Å²) in [6.45, 7) is 0. The molecule has 1 aromatic rings. The molecule has 0 amide bonds. The lowest BCUT2D eigenvalue weighted by Crippen LogP contribution is -2.13. The van der Waals surface area contributed by atoms with Gasteiger partial charge in [-0.05, 0) is 36.0 Å². The Morgan fingerprint density at radius 1 is 1.18 bits per heavy atom. The van der Waals surface area contributed by atoms with Crippen molar-refractivity contribution in [3.05, 3.63) is 34.9 Å². The molecule has 0 aromatic heterocycles. The smallest absolute Gasteiger partial charge is 0.166 e. The molecule has 1 saturated carbocycles. The summed E-state index contributed by atoms with van der Waals surface area (Å²) in [5, 5.41) is 0. The maximum absolute atomic E-state index is 13.0. The first-order valence-electron chi connectivity index (χ1n) is 5.79. The third-order valence-corrected chi connectivity index (χ3v) is 3.70. The Kier molecular flexibility index (Phi) is 3.67. The van der Waals surface area contributed by atoms with Gasteiger partial charge in [0.1, 0.15) is 0 Å². The molecule has 2 rings (SSSR count). The van der Waals surface area contributed by atoms with E-state index in [1.165, 1.54) is 12.1 Å². The van der Waals surface area contributed by atoms with Gasteiger partial charge in [-0.15, -0.1) is 11.6 Å². The van der Waals surface area contributed by atoms with Gasteiger partial charge in [0, 0.05) is 5.88 Å². The van der Waals surface area contributed by atoms with E-state index < -0.39 is 11.7 Å². The molecule has 0 saturated heterocycles. The van der Waals surface area contributed by atoms with Crippen LogP contribution in [-0.4, -0.2) is 0 Å². The zero-order valence-electron chi connectivity index (χ0n) is 9.36. The first-order valence-corrected chi connectivity index (χ1v) is 6.32. The number of benzene rings is 1. The summed E-state index contributed by atoms with van der Waals surface area (Å²) in [6, 6.07) is 4.32. The van der Waals surface area contributed by atoms with Gasteiger partial charge < -0.3 is 0 Å². The molecule has 0 aliphatic heterocycles. The van der Waals surface area contributed by atoms with Gasteiger partial charge in [0.2, 0.25) is 0 Å². The molecule has 0 atom stereocenters. The Hall–Kier alpha value is -0.700. The monoisotopic (exact) mass is 262 g/mol. The average molecular weight is 263 g/mol. The molecular formula is C13H14ClF3. The topological polar surface area (TPSA) is 0 Å². The van der Waals surface area contributed by atoms with Crippen LogP contribution in [0.1, 0.15) is 48.3 Å². The van der Waals surface area contributed by atoms with Crippen LogP contribution in [0, 0.1) is 0 Å². The van der Waals surface area contributed by atoms with E-state index in [1.54, 1.807) is 6.07 Å². The molecule has 0 radical (unpaired) electrons. The standard InChI is InChI=1S/C13H14ClF3/c14-8-10-6-3-7-11(13(15,16)17)12(10)9-4-1-2-5-9/h3,6-7,9H,1-2,4-5,8H2. The predicted octanol–water partition coefficient (Wildman–Crippen LogP) is 5.10. The lowest BCUT2D eigenvalue weighted by molar-refractivity contribution is -0.138. The third-order valence-electron chi connectivity index (χ3n) is 3.41. The molecule has 0 unspecified atom stereocenters. The quantitative estimate of drug-likeness (QED) is 0.650. The molecule has 0 N–H and O–H groups in total. The van der Waals surface area contributed by atoms with E-state index in [4.69, 9.17) is 11.6 Å². The van der Waals surface area contributed by atoms with Gasteiger partial charge in [-0.2, -0.15) is 13.2 Å². The molecular weight excluding hydrogens is 249 g/mol. The SMILES string of the molecule is FC(F)(F)c1cccc(CCl)c1C1CCCC1. The van der Waals surface area contributed by atoms with Crippen molar-refractivity contribution >= 4 is 11.6 Å². The van der Waals surface area contributed by atoms with Gasteiger partial charge in [0.05, 0.1) is 5.56 Å².